The first kappa shape index (κ1) is 16.7. The lowest BCUT2D eigenvalue weighted by atomic mass is 9.84. The van der Waals surface area contributed by atoms with Gasteiger partial charge in [0, 0.05) is 12.1 Å². The van der Waals surface area contributed by atoms with Crippen molar-refractivity contribution in [3.63, 3.8) is 0 Å². The minimum absolute atomic E-state index is 0.0485. The number of halogens is 1. The number of hydrogen-bond acceptors (Lipinski definition) is 2. The fraction of sp³-hybridized carbons (Fsp3) is 0.300. The first-order valence-corrected chi connectivity index (χ1v) is 8.39. The lowest BCUT2D eigenvalue weighted by molar-refractivity contribution is 0.0980. The van der Waals surface area contributed by atoms with E-state index >= 15 is 0 Å². The molecule has 0 aromatic heterocycles. The van der Waals surface area contributed by atoms with E-state index in [4.69, 9.17) is 11.6 Å². The summed E-state index contributed by atoms with van der Waals surface area (Å²) in [6, 6.07) is 11.2. The molecule has 124 valence electrons. The van der Waals surface area contributed by atoms with Gasteiger partial charge < -0.3 is 4.90 Å². The number of carbonyl (C=O) groups excluding carboxylic acids is 2. The van der Waals surface area contributed by atoms with E-state index in [0.29, 0.717) is 34.7 Å². The second kappa shape index (κ2) is 6.06. The predicted molar refractivity (Wildman–Crippen MR) is 97.4 cm³/mol. The van der Waals surface area contributed by atoms with Crippen LogP contribution in [0.25, 0.3) is 0 Å². The van der Waals surface area contributed by atoms with Gasteiger partial charge in [0.25, 0.3) is 5.91 Å². The monoisotopic (exact) mass is 341 g/mol. The predicted octanol–water partition coefficient (Wildman–Crippen LogP) is 4.65. The molecule has 0 unspecified atom stereocenters. The second-order valence-electron chi connectivity index (χ2n) is 7.12. The third-order valence-corrected chi connectivity index (χ3v) is 4.82. The van der Waals surface area contributed by atoms with Crippen LogP contribution in [-0.2, 0) is 11.8 Å². The van der Waals surface area contributed by atoms with Crippen molar-refractivity contribution in [2.45, 2.75) is 32.6 Å². The minimum Gasteiger partial charge on any atom is -0.307 e. The Morgan fingerprint density at radius 3 is 2.58 bits per heavy atom. The highest BCUT2D eigenvalue weighted by atomic mass is 35.5. The number of carbonyl (C=O) groups is 2. The molecular formula is C20H20ClNO2. The Morgan fingerprint density at radius 2 is 1.92 bits per heavy atom. The van der Waals surface area contributed by atoms with E-state index in [1.807, 2.05) is 12.1 Å². The maximum absolute atomic E-state index is 12.9. The van der Waals surface area contributed by atoms with Crippen LogP contribution in [0.3, 0.4) is 0 Å². The van der Waals surface area contributed by atoms with E-state index < -0.39 is 0 Å². The van der Waals surface area contributed by atoms with Gasteiger partial charge in [-0.25, -0.2) is 0 Å². The van der Waals surface area contributed by atoms with Crippen molar-refractivity contribution in [1.29, 1.82) is 0 Å². The first-order valence-electron chi connectivity index (χ1n) is 8.02. The van der Waals surface area contributed by atoms with Crippen LogP contribution in [-0.4, -0.2) is 18.7 Å². The molecule has 3 rings (SSSR count). The van der Waals surface area contributed by atoms with Crippen LogP contribution >= 0.6 is 11.6 Å². The van der Waals surface area contributed by atoms with Crippen LogP contribution < -0.4 is 4.90 Å². The van der Waals surface area contributed by atoms with Crippen molar-refractivity contribution in [3.05, 3.63) is 63.7 Å². The summed E-state index contributed by atoms with van der Waals surface area (Å²) >= 11 is 6.10. The molecule has 2 aromatic rings. The molecule has 0 aliphatic carbocycles. The Kier molecular flexibility index (Phi) is 4.22. The number of anilines is 1. The van der Waals surface area contributed by atoms with Crippen molar-refractivity contribution in [3.8, 4) is 0 Å². The zero-order valence-electron chi connectivity index (χ0n) is 14.1. The van der Waals surface area contributed by atoms with Gasteiger partial charge in [-0.3, -0.25) is 9.59 Å². The summed E-state index contributed by atoms with van der Waals surface area (Å²) in [6.07, 6.45) is 1.47. The van der Waals surface area contributed by atoms with E-state index in [1.165, 1.54) is 5.56 Å². The lowest BCUT2D eigenvalue weighted by Gasteiger charge is -2.31. The van der Waals surface area contributed by atoms with Crippen LogP contribution in [0.1, 0.15) is 52.6 Å². The van der Waals surface area contributed by atoms with Gasteiger partial charge in [0.2, 0.25) is 0 Å². The quantitative estimate of drug-likeness (QED) is 0.745. The Labute approximate surface area is 147 Å². The van der Waals surface area contributed by atoms with Gasteiger partial charge in [-0.15, -0.1) is 0 Å². The van der Waals surface area contributed by atoms with Crippen LogP contribution in [0.2, 0.25) is 5.02 Å². The van der Waals surface area contributed by atoms with E-state index in [0.717, 1.165) is 12.0 Å². The van der Waals surface area contributed by atoms with Crippen molar-refractivity contribution in [1.82, 2.24) is 0 Å². The number of aldehydes is 1. The van der Waals surface area contributed by atoms with Gasteiger partial charge >= 0.3 is 0 Å². The topological polar surface area (TPSA) is 37.4 Å². The summed E-state index contributed by atoms with van der Waals surface area (Å²) in [4.78, 5) is 25.9. The van der Waals surface area contributed by atoms with E-state index in [1.54, 1.807) is 23.1 Å². The van der Waals surface area contributed by atoms with E-state index in [9.17, 15) is 9.59 Å². The van der Waals surface area contributed by atoms with Crippen LogP contribution in [0.4, 0.5) is 5.69 Å². The van der Waals surface area contributed by atoms with Gasteiger partial charge in [0.1, 0.15) is 0 Å². The summed E-state index contributed by atoms with van der Waals surface area (Å²) in [5, 5.41) is 0.365. The van der Waals surface area contributed by atoms with Gasteiger partial charge in [-0.05, 0) is 41.2 Å². The molecular weight excluding hydrogens is 322 g/mol. The molecule has 0 spiro atoms. The summed E-state index contributed by atoms with van der Waals surface area (Å²) in [5.74, 6) is -0.0814. The molecule has 1 amide bonds. The lowest BCUT2D eigenvalue weighted by Crippen LogP contribution is -2.38. The third kappa shape index (κ3) is 2.84. The molecule has 1 aliphatic heterocycles. The highest BCUT2D eigenvalue weighted by Crippen LogP contribution is 2.32. The number of nitrogens with zero attached hydrogens (tertiary/aromatic N) is 1. The van der Waals surface area contributed by atoms with Gasteiger partial charge in [-0.1, -0.05) is 50.6 Å². The highest BCUT2D eigenvalue weighted by molar-refractivity contribution is 6.33. The zero-order chi connectivity index (χ0) is 17.5. The summed E-state index contributed by atoms with van der Waals surface area (Å²) in [5.41, 5.74) is 3.98. The third-order valence-electron chi connectivity index (χ3n) is 4.49. The fourth-order valence-corrected chi connectivity index (χ4v) is 3.28. The Balaban J connectivity index is 2.02. The first-order chi connectivity index (χ1) is 11.3. The smallest absolute Gasteiger partial charge is 0.258 e. The van der Waals surface area contributed by atoms with Gasteiger partial charge in [0.05, 0.1) is 16.3 Å². The van der Waals surface area contributed by atoms with Crippen molar-refractivity contribution in [2.75, 3.05) is 11.4 Å². The van der Waals surface area contributed by atoms with Crippen LogP contribution in [0, 0.1) is 0 Å². The highest BCUT2D eigenvalue weighted by Gasteiger charge is 2.28. The van der Waals surface area contributed by atoms with Gasteiger partial charge in [0.15, 0.2) is 6.29 Å². The summed E-state index contributed by atoms with van der Waals surface area (Å²) in [7, 11) is 0. The number of hydrogen-bond donors (Lipinski definition) is 0. The molecule has 1 heterocycles. The molecule has 0 fully saturated rings. The van der Waals surface area contributed by atoms with Gasteiger partial charge in [-0.2, -0.15) is 0 Å². The fourth-order valence-electron chi connectivity index (χ4n) is 3.06. The van der Waals surface area contributed by atoms with Crippen LogP contribution in [0.15, 0.2) is 36.4 Å². The van der Waals surface area contributed by atoms with Crippen LogP contribution in [0.5, 0.6) is 0 Å². The molecule has 0 saturated carbocycles. The maximum Gasteiger partial charge on any atom is 0.258 e. The Hall–Kier alpha value is -2.13. The largest absolute Gasteiger partial charge is 0.307 e. The number of amides is 1. The summed E-state index contributed by atoms with van der Waals surface area (Å²) < 4.78 is 0. The summed E-state index contributed by atoms with van der Waals surface area (Å²) in [6.45, 7) is 7.02. The average Bonchev–Trinajstić information content (AvgIpc) is 2.54. The van der Waals surface area contributed by atoms with Crippen molar-refractivity contribution in [2.24, 2.45) is 0 Å². The SMILES string of the molecule is CC(C)(C)c1ccc2c(c1)CCN(c1cccc(Cl)c1C=O)C2=O. The number of rotatable bonds is 2. The molecule has 0 radical (unpaired) electrons. The standard InChI is InChI=1S/C20H20ClNO2/c1-20(2,3)14-7-8-15-13(11-14)9-10-22(19(15)24)18-6-4-5-17(21)16(18)12-23/h4-8,11-12H,9-10H2,1-3H3. The zero-order valence-corrected chi connectivity index (χ0v) is 14.9. The molecule has 0 bridgehead atoms. The molecule has 0 atom stereocenters. The number of benzene rings is 2. The number of fused-ring (bicyclic) bond motifs is 1. The Bertz CT molecular complexity index is 821. The average molecular weight is 342 g/mol. The molecule has 2 aromatic carbocycles. The molecule has 1 aliphatic rings. The van der Waals surface area contributed by atoms with E-state index in [-0.39, 0.29) is 11.3 Å². The van der Waals surface area contributed by atoms with Crippen molar-refractivity contribution >= 4 is 29.5 Å². The molecule has 3 nitrogen and oxygen atoms in total. The normalized spacial score (nSPS) is 14.5. The van der Waals surface area contributed by atoms with Crippen molar-refractivity contribution < 1.29 is 9.59 Å². The molecule has 24 heavy (non-hydrogen) atoms. The minimum atomic E-state index is -0.0814. The molecule has 0 saturated heterocycles. The maximum atomic E-state index is 12.9. The molecule has 0 N–H and O–H groups in total. The molecule has 4 heteroatoms. The second-order valence-corrected chi connectivity index (χ2v) is 7.53. The Morgan fingerprint density at radius 1 is 1.17 bits per heavy atom. The van der Waals surface area contributed by atoms with E-state index in [2.05, 4.69) is 26.8 Å².